The molecule has 24 heavy (non-hydrogen) atoms. The van der Waals surface area contributed by atoms with E-state index in [0.29, 0.717) is 6.61 Å². The van der Waals surface area contributed by atoms with Crippen molar-refractivity contribution in [3.63, 3.8) is 0 Å². The van der Waals surface area contributed by atoms with Crippen LogP contribution in [0.25, 0.3) is 6.08 Å². The molecule has 0 N–H and O–H groups in total. The van der Waals surface area contributed by atoms with Crippen LogP contribution in [0.15, 0.2) is 64.5 Å². The Kier molecular flexibility index (Phi) is 5.18. The number of rotatable bonds is 5. The van der Waals surface area contributed by atoms with Crippen LogP contribution in [-0.2, 0) is 16.0 Å². The number of esters is 1. The molecule has 0 spiro atoms. The van der Waals surface area contributed by atoms with Crippen LogP contribution in [0.1, 0.15) is 11.3 Å². The molecule has 1 aromatic heterocycles. The summed E-state index contributed by atoms with van der Waals surface area (Å²) in [5.74, 6) is 0.356. The fourth-order valence-corrected chi connectivity index (χ4v) is 2.41. The Hall–Kier alpha value is -2.30. The largest absolute Gasteiger partial charge is 0.493 e. The van der Waals surface area contributed by atoms with Crippen LogP contribution in [0.3, 0.4) is 0 Å². The zero-order valence-corrected chi connectivity index (χ0v) is 14.1. The van der Waals surface area contributed by atoms with Gasteiger partial charge in [0.15, 0.2) is 5.76 Å². The number of pyridine rings is 1. The summed E-state index contributed by atoms with van der Waals surface area (Å²) in [6, 6.07) is 13.1. The molecule has 122 valence electrons. The first-order valence-electron chi connectivity index (χ1n) is 7.26. The summed E-state index contributed by atoms with van der Waals surface area (Å²) in [6.07, 6.45) is 4.15. The van der Waals surface area contributed by atoms with Crippen LogP contribution in [0.2, 0.25) is 0 Å². The minimum Gasteiger partial charge on any atom is -0.493 e. The fourth-order valence-electron chi connectivity index (χ4n) is 2.11. The number of nitrogens with zero attached hydrogens (tertiary/aromatic N) is 1. The van der Waals surface area contributed by atoms with E-state index in [2.05, 4.69) is 4.98 Å². The third-order valence-corrected chi connectivity index (χ3v) is 4.14. The van der Waals surface area contributed by atoms with E-state index in [1.165, 1.54) is 0 Å². The topological polar surface area (TPSA) is 48.4 Å². The van der Waals surface area contributed by atoms with Crippen LogP contribution in [-0.4, -0.2) is 17.6 Å². The molecule has 0 saturated heterocycles. The van der Waals surface area contributed by atoms with Crippen molar-refractivity contribution in [2.45, 2.75) is 6.42 Å². The van der Waals surface area contributed by atoms with Crippen molar-refractivity contribution in [1.82, 2.24) is 4.98 Å². The fraction of sp³-hybridized carbons (Fsp3) is 0.111. The SMILES string of the molecule is O=C1O/C(=C\c2ccc(OCCc3ccccn3)cc2)C(Cl)=C1Cl. The van der Waals surface area contributed by atoms with Gasteiger partial charge in [0, 0.05) is 18.3 Å². The maximum atomic E-state index is 11.3. The van der Waals surface area contributed by atoms with Crippen LogP contribution in [0.4, 0.5) is 0 Å². The maximum Gasteiger partial charge on any atom is 0.356 e. The lowest BCUT2D eigenvalue weighted by molar-refractivity contribution is -0.132. The molecule has 0 fully saturated rings. The number of hydrogen-bond donors (Lipinski definition) is 0. The molecule has 2 aromatic rings. The van der Waals surface area contributed by atoms with Crippen molar-refractivity contribution in [2.75, 3.05) is 6.61 Å². The molecule has 1 aliphatic rings. The highest BCUT2D eigenvalue weighted by Gasteiger charge is 2.27. The first-order chi connectivity index (χ1) is 11.6. The Morgan fingerprint density at radius 1 is 1.08 bits per heavy atom. The van der Waals surface area contributed by atoms with Crippen molar-refractivity contribution < 1.29 is 14.3 Å². The normalized spacial score (nSPS) is 15.8. The number of ether oxygens (including phenoxy) is 2. The van der Waals surface area contributed by atoms with Gasteiger partial charge >= 0.3 is 5.97 Å². The highest BCUT2D eigenvalue weighted by molar-refractivity contribution is 6.50. The lowest BCUT2D eigenvalue weighted by Gasteiger charge is -2.06. The molecule has 2 heterocycles. The van der Waals surface area contributed by atoms with E-state index in [9.17, 15) is 4.79 Å². The van der Waals surface area contributed by atoms with Gasteiger partial charge in [-0.25, -0.2) is 4.79 Å². The lowest BCUT2D eigenvalue weighted by Crippen LogP contribution is -2.02. The number of carbonyl (C=O) groups is 1. The number of benzene rings is 1. The molecule has 1 aromatic carbocycles. The van der Waals surface area contributed by atoms with Crippen LogP contribution in [0.5, 0.6) is 5.75 Å². The monoisotopic (exact) mass is 361 g/mol. The van der Waals surface area contributed by atoms with Gasteiger partial charge in [-0.1, -0.05) is 41.4 Å². The Morgan fingerprint density at radius 2 is 1.88 bits per heavy atom. The quantitative estimate of drug-likeness (QED) is 0.745. The summed E-state index contributed by atoms with van der Waals surface area (Å²) in [5, 5.41) is 0.0229. The molecule has 0 radical (unpaired) electrons. The third kappa shape index (κ3) is 3.96. The number of allylic oxidation sites excluding steroid dienone is 1. The Labute approximate surface area is 149 Å². The smallest absolute Gasteiger partial charge is 0.356 e. The summed E-state index contributed by atoms with van der Waals surface area (Å²) in [6.45, 7) is 0.541. The molecule has 0 amide bonds. The Morgan fingerprint density at radius 3 is 2.50 bits per heavy atom. The van der Waals surface area contributed by atoms with Crippen molar-refractivity contribution in [1.29, 1.82) is 0 Å². The second-order valence-electron chi connectivity index (χ2n) is 5.01. The molecule has 6 heteroatoms. The highest BCUT2D eigenvalue weighted by Crippen LogP contribution is 2.33. The van der Waals surface area contributed by atoms with Crippen molar-refractivity contribution in [3.05, 3.63) is 75.7 Å². The third-order valence-electron chi connectivity index (χ3n) is 3.32. The molecular formula is C18H13Cl2NO3. The van der Waals surface area contributed by atoms with E-state index in [-0.39, 0.29) is 15.8 Å². The standard InChI is InChI=1S/C18H13Cl2NO3/c19-16-15(24-18(22)17(16)20)11-12-4-6-14(7-5-12)23-10-8-13-3-1-2-9-21-13/h1-7,9,11H,8,10H2/b15-11-. The number of cyclic esters (lactones) is 1. The van der Waals surface area contributed by atoms with E-state index < -0.39 is 5.97 Å². The summed E-state index contributed by atoms with van der Waals surface area (Å²) in [7, 11) is 0. The van der Waals surface area contributed by atoms with Gasteiger partial charge in [0.2, 0.25) is 0 Å². The zero-order chi connectivity index (χ0) is 16.9. The van der Waals surface area contributed by atoms with Gasteiger partial charge < -0.3 is 9.47 Å². The minimum atomic E-state index is -0.637. The summed E-state index contributed by atoms with van der Waals surface area (Å²) >= 11 is 11.6. The van der Waals surface area contributed by atoms with Crippen LogP contribution >= 0.6 is 23.2 Å². The first-order valence-corrected chi connectivity index (χ1v) is 8.01. The van der Waals surface area contributed by atoms with Gasteiger partial charge in [0.25, 0.3) is 0 Å². The number of halogens is 2. The molecular weight excluding hydrogens is 349 g/mol. The predicted molar refractivity (Wildman–Crippen MR) is 92.7 cm³/mol. The van der Waals surface area contributed by atoms with Crippen molar-refractivity contribution >= 4 is 35.2 Å². The van der Waals surface area contributed by atoms with E-state index in [1.54, 1.807) is 12.3 Å². The number of carbonyl (C=O) groups excluding carboxylic acids is 1. The van der Waals surface area contributed by atoms with E-state index in [0.717, 1.165) is 23.4 Å². The molecule has 0 unspecified atom stereocenters. The van der Waals surface area contributed by atoms with Gasteiger partial charge in [0.1, 0.15) is 15.8 Å². The van der Waals surface area contributed by atoms with Crippen molar-refractivity contribution in [2.24, 2.45) is 0 Å². The van der Waals surface area contributed by atoms with Gasteiger partial charge in [-0.15, -0.1) is 0 Å². The molecule has 0 saturated carbocycles. The summed E-state index contributed by atoms with van der Waals surface area (Å²) in [5.41, 5.74) is 1.81. The zero-order valence-electron chi connectivity index (χ0n) is 12.5. The van der Waals surface area contributed by atoms with Gasteiger partial charge in [-0.05, 0) is 35.9 Å². The lowest BCUT2D eigenvalue weighted by atomic mass is 10.2. The molecule has 1 aliphatic heterocycles. The Bertz CT molecular complexity index is 799. The van der Waals surface area contributed by atoms with E-state index >= 15 is 0 Å². The molecule has 0 bridgehead atoms. The summed E-state index contributed by atoms with van der Waals surface area (Å²) in [4.78, 5) is 15.6. The maximum absolute atomic E-state index is 11.3. The van der Waals surface area contributed by atoms with Crippen molar-refractivity contribution in [3.8, 4) is 5.75 Å². The van der Waals surface area contributed by atoms with Gasteiger partial charge in [-0.3, -0.25) is 4.98 Å². The molecule has 0 aliphatic carbocycles. The highest BCUT2D eigenvalue weighted by atomic mass is 35.5. The van der Waals surface area contributed by atoms with Crippen LogP contribution < -0.4 is 4.74 Å². The molecule has 0 atom stereocenters. The molecule has 4 nitrogen and oxygen atoms in total. The second-order valence-corrected chi connectivity index (χ2v) is 5.77. The second kappa shape index (κ2) is 7.51. The van der Waals surface area contributed by atoms with Gasteiger partial charge in [-0.2, -0.15) is 0 Å². The average molecular weight is 362 g/mol. The predicted octanol–water partition coefficient (Wildman–Crippen LogP) is 4.29. The number of hydrogen-bond acceptors (Lipinski definition) is 4. The average Bonchev–Trinajstić information content (AvgIpc) is 2.84. The number of aromatic nitrogens is 1. The van der Waals surface area contributed by atoms with Crippen LogP contribution in [0, 0.1) is 0 Å². The summed E-state index contributed by atoms with van der Waals surface area (Å²) < 4.78 is 10.7. The van der Waals surface area contributed by atoms with E-state index in [4.69, 9.17) is 32.7 Å². The minimum absolute atomic E-state index is 0.0996. The first kappa shape index (κ1) is 16.6. The van der Waals surface area contributed by atoms with E-state index in [1.807, 2.05) is 42.5 Å². The van der Waals surface area contributed by atoms with Gasteiger partial charge in [0.05, 0.1) is 6.61 Å². The Balaban J connectivity index is 1.59. The molecule has 3 rings (SSSR count).